The number of nitrogens with one attached hydrogen (secondary N) is 2. The first-order chi connectivity index (χ1) is 15.6. The van der Waals surface area contributed by atoms with Gasteiger partial charge in [-0.3, -0.25) is 9.59 Å². The highest BCUT2D eigenvalue weighted by Gasteiger charge is 2.17. The molecule has 0 saturated heterocycles. The summed E-state index contributed by atoms with van der Waals surface area (Å²) < 4.78 is 5.79. The molecule has 0 spiro atoms. The van der Waals surface area contributed by atoms with Crippen molar-refractivity contribution in [3.8, 4) is 5.75 Å². The van der Waals surface area contributed by atoms with Gasteiger partial charge in [0.15, 0.2) is 6.10 Å². The van der Waals surface area contributed by atoms with Gasteiger partial charge in [0.2, 0.25) is 0 Å². The van der Waals surface area contributed by atoms with Crippen LogP contribution >= 0.6 is 0 Å². The zero-order chi connectivity index (χ0) is 24.0. The van der Waals surface area contributed by atoms with E-state index in [1.54, 1.807) is 31.2 Å². The number of amides is 2. The Morgan fingerprint density at radius 3 is 2.00 bits per heavy atom. The molecule has 0 aliphatic rings. The lowest BCUT2D eigenvalue weighted by atomic mass is 9.87. The number of rotatable bonds is 7. The molecule has 3 rings (SSSR count). The van der Waals surface area contributed by atoms with Crippen molar-refractivity contribution >= 4 is 17.5 Å². The van der Waals surface area contributed by atoms with Gasteiger partial charge >= 0.3 is 0 Å². The molecule has 3 aromatic rings. The third kappa shape index (κ3) is 6.69. The maximum absolute atomic E-state index is 12.5. The Labute approximate surface area is 196 Å². The summed E-state index contributed by atoms with van der Waals surface area (Å²) in [4.78, 5) is 25.1. The number of ether oxygens (including phenoxy) is 1. The van der Waals surface area contributed by atoms with Gasteiger partial charge in [0.1, 0.15) is 5.75 Å². The zero-order valence-electron chi connectivity index (χ0n) is 19.9. The highest BCUT2D eigenvalue weighted by Crippen LogP contribution is 2.25. The second kappa shape index (κ2) is 10.3. The first kappa shape index (κ1) is 24.1. The van der Waals surface area contributed by atoms with Crippen LogP contribution in [0.15, 0.2) is 78.9 Å². The fourth-order valence-corrected chi connectivity index (χ4v) is 3.34. The van der Waals surface area contributed by atoms with Crippen LogP contribution in [0, 0.1) is 0 Å². The first-order valence-corrected chi connectivity index (χ1v) is 11.2. The van der Waals surface area contributed by atoms with Crippen LogP contribution in [0.4, 0.5) is 5.69 Å². The van der Waals surface area contributed by atoms with E-state index in [-0.39, 0.29) is 23.3 Å². The normalized spacial score (nSPS) is 13.0. The molecule has 2 atom stereocenters. The Kier molecular flexibility index (Phi) is 7.54. The monoisotopic (exact) mass is 444 g/mol. The molecule has 5 nitrogen and oxygen atoms in total. The van der Waals surface area contributed by atoms with Gasteiger partial charge in [0.25, 0.3) is 11.8 Å². The number of anilines is 1. The molecule has 2 N–H and O–H groups in total. The van der Waals surface area contributed by atoms with Crippen LogP contribution in [0.1, 0.15) is 62.1 Å². The van der Waals surface area contributed by atoms with Crippen molar-refractivity contribution in [2.45, 2.75) is 52.2 Å². The summed E-state index contributed by atoms with van der Waals surface area (Å²) in [6.07, 6.45) is -0.666. The zero-order valence-corrected chi connectivity index (χ0v) is 19.9. The maximum Gasteiger partial charge on any atom is 0.265 e. The van der Waals surface area contributed by atoms with Crippen LogP contribution in [-0.2, 0) is 10.2 Å². The van der Waals surface area contributed by atoms with Crippen molar-refractivity contribution in [2.24, 2.45) is 0 Å². The summed E-state index contributed by atoms with van der Waals surface area (Å²) in [6.45, 7) is 10.1. The molecule has 5 heteroatoms. The van der Waals surface area contributed by atoms with E-state index >= 15 is 0 Å². The Balaban J connectivity index is 1.54. The smallest absolute Gasteiger partial charge is 0.265 e. The topological polar surface area (TPSA) is 67.4 Å². The van der Waals surface area contributed by atoms with Gasteiger partial charge in [-0.15, -0.1) is 0 Å². The standard InChI is InChI=1S/C28H32N2O3/c1-19(21-9-7-6-8-10-21)29-27(32)22-11-15-24(16-12-22)30-26(31)20(2)33-25-17-13-23(14-18-25)28(3,4)5/h6-20H,1-5H3,(H,29,32)(H,30,31). The number of carbonyl (C=O) groups excluding carboxylic acids is 2. The van der Waals surface area contributed by atoms with Gasteiger partial charge in [-0.1, -0.05) is 63.2 Å². The summed E-state index contributed by atoms with van der Waals surface area (Å²) in [5.74, 6) is 0.217. The van der Waals surface area contributed by atoms with Gasteiger partial charge in [-0.2, -0.15) is 0 Å². The molecule has 0 aliphatic carbocycles. The first-order valence-electron chi connectivity index (χ1n) is 11.2. The molecule has 2 amide bonds. The summed E-state index contributed by atoms with van der Waals surface area (Å²) in [5, 5.41) is 5.82. The average Bonchev–Trinajstić information content (AvgIpc) is 2.79. The Hall–Kier alpha value is -3.60. The molecule has 0 radical (unpaired) electrons. The average molecular weight is 445 g/mol. The van der Waals surface area contributed by atoms with E-state index < -0.39 is 6.10 Å². The number of carbonyl (C=O) groups is 2. The fourth-order valence-electron chi connectivity index (χ4n) is 3.34. The molecule has 0 fully saturated rings. The predicted octanol–water partition coefficient (Wildman–Crippen LogP) is 5.88. The Morgan fingerprint density at radius 1 is 0.818 bits per heavy atom. The molecule has 0 aromatic heterocycles. The van der Waals surface area contributed by atoms with Crippen LogP contribution in [0.5, 0.6) is 5.75 Å². The van der Waals surface area contributed by atoms with E-state index in [0.717, 1.165) is 5.56 Å². The van der Waals surface area contributed by atoms with E-state index in [1.165, 1.54) is 5.56 Å². The van der Waals surface area contributed by atoms with E-state index in [9.17, 15) is 9.59 Å². The van der Waals surface area contributed by atoms with Crippen molar-refractivity contribution in [3.05, 3.63) is 95.6 Å². The molecule has 0 saturated carbocycles. The molecule has 0 bridgehead atoms. The van der Waals surface area contributed by atoms with Gasteiger partial charge in [0, 0.05) is 11.3 Å². The van der Waals surface area contributed by atoms with Crippen LogP contribution in [0.2, 0.25) is 0 Å². The number of hydrogen-bond donors (Lipinski definition) is 2. The molecule has 0 aliphatic heterocycles. The molecular formula is C28H32N2O3. The maximum atomic E-state index is 12.5. The highest BCUT2D eigenvalue weighted by molar-refractivity contribution is 5.97. The van der Waals surface area contributed by atoms with Crippen LogP contribution < -0.4 is 15.4 Å². The summed E-state index contributed by atoms with van der Waals surface area (Å²) in [7, 11) is 0. The molecule has 3 aromatic carbocycles. The minimum atomic E-state index is -0.666. The summed E-state index contributed by atoms with van der Waals surface area (Å²) >= 11 is 0. The highest BCUT2D eigenvalue weighted by atomic mass is 16.5. The molecule has 0 heterocycles. The van der Waals surface area contributed by atoms with Crippen molar-refractivity contribution in [1.29, 1.82) is 0 Å². The van der Waals surface area contributed by atoms with E-state index in [4.69, 9.17) is 4.74 Å². The molecule has 2 unspecified atom stereocenters. The summed E-state index contributed by atoms with van der Waals surface area (Å²) in [6, 6.07) is 24.3. The number of benzene rings is 3. The minimum Gasteiger partial charge on any atom is -0.481 e. The second-order valence-electron chi connectivity index (χ2n) is 9.21. The predicted molar refractivity (Wildman–Crippen MR) is 133 cm³/mol. The molecule has 33 heavy (non-hydrogen) atoms. The lowest BCUT2D eigenvalue weighted by Crippen LogP contribution is -2.30. The van der Waals surface area contributed by atoms with Crippen molar-refractivity contribution < 1.29 is 14.3 Å². The number of hydrogen-bond acceptors (Lipinski definition) is 3. The van der Waals surface area contributed by atoms with Crippen molar-refractivity contribution in [2.75, 3.05) is 5.32 Å². The van der Waals surface area contributed by atoms with Gasteiger partial charge < -0.3 is 15.4 Å². The Morgan fingerprint density at radius 2 is 1.42 bits per heavy atom. The molecule has 172 valence electrons. The third-order valence-corrected chi connectivity index (χ3v) is 5.46. The van der Waals surface area contributed by atoms with Gasteiger partial charge in [-0.05, 0) is 66.8 Å². The largest absolute Gasteiger partial charge is 0.481 e. The lowest BCUT2D eigenvalue weighted by molar-refractivity contribution is -0.122. The van der Waals surface area contributed by atoms with E-state index in [1.807, 2.05) is 61.5 Å². The SMILES string of the molecule is CC(Oc1ccc(C(C)(C)C)cc1)C(=O)Nc1ccc(C(=O)NC(C)c2ccccc2)cc1. The van der Waals surface area contributed by atoms with Crippen LogP contribution in [0.3, 0.4) is 0 Å². The van der Waals surface area contributed by atoms with Gasteiger partial charge in [-0.25, -0.2) is 0 Å². The van der Waals surface area contributed by atoms with Crippen LogP contribution in [0.25, 0.3) is 0 Å². The van der Waals surface area contributed by atoms with Crippen LogP contribution in [-0.4, -0.2) is 17.9 Å². The Bertz CT molecular complexity index is 1070. The fraction of sp³-hybridized carbons (Fsp3) is 0.286. The quantitative estimate of drug-likeness (QED) is 0.478. The molecular weight excluding hydrogens is 412 g/mol. The third-order valence-electron chi connectivity index (χ3n) is 5.46. The summed E-state index contributed by atoms with van der Waals surface area (Å²) in [5.41, 5.74) is 3.43. The van der Waals surface area contributed by atoms with Crippen molar-refractivity contribution in [3.63, 3.8) is 0 Å². The lowest BCUT2D eigenvalue weighted by Gasteiger charge is -2.20. The van der Waals surface area contributed by atoms with E-state index in [2.05, 4.69) is 31.4 Å². The van der Waals surface area contributed by atoms with E-state index in [0.29, 0.717) is 17.0 Å². The minimum absolute atomic E-state index is 0.0597. The second-order valence-corrected chi connectivity index (χ2v) is 9.21. The van der Waals surface area contributed by atoms with Crippen molar-refractivity contribution in [1.82, 2.24) is 5.32 Å². The van der Waals surface area contributed by atoms with Gasteiger partial charge in [0.05, 0.1) is 6.04 Å².